The van der Waals surface area contributed by atoms with E-state index in [9.17, 15) is 4.79 Å². The van der Waals surface area contributed by atoms with E-state index in [1.807, 2.05) is 37.3 Å². The van der Waals surface area contributed by atoms with E-state index in [0.29, 0.717) is 38.0 Å². The molecule has 0 bridgehead atoms. The second-order valence-corrected chi connectivity index (χ2v) is 6.85. The van der Waals surface area contributed by atoms with Gasteiger partial charge in [0.15, 0.2) is 0 Å². The van der Waals surface area contributed by atoms with Crippen molar-refractivity contribution in [2.75, 3.05) is 6.61 Å². The second kappa shape index (κ2) is 9.95. The van der Waals surface area contributed by atoms with Crippen LogP contribution >= 0.6 is 0 Å². The number of rotatable bonds is 9. The van der Waals surface area contributed by atoms with Crippen LogP contribution in [0.5, 0.6) is 11.6 Å². The fourth-order valence-electron chi connectivity index (χ4n) is 3.34. The molecule has 0 unspecified atom stereocenters. The van der Waals surface area contributed by atoms with Crippen LogP contribution in [0.4, 0.5) is 0 Å². The zero-order valence-corrected chi connectivity index (χ0v) is 15.9. The van der Waals surface area contributed by atoms with Gasteiger partial charge < -0.3 is 14.8 Å². The van der Waals surface area contributed by atoms with E-state index in [-0.39, 0.29) is 5.91 Å². The molecule has 5 heteroatoms. The number of benzene rings is 1. The van der Waals surface area contributed by atoms with E-state index in [4.69, 9.17) is 9.47 Å². The largest absolute Gasteiger partial charge is 0.490 e. The smallest absolute Gasteiger partial charge is 0.220 e. The number of aryl methyl sites for hydroxylation is 1. The highest BCUT2D eigenvalue weighted by Gasteiger charge is 2.16. The van der Waals surface area contributed by atoms with Crippen molar-refractivity contribution < 1.29 is 14.3 Å². The van der Waals surface area contributed by atoms with Crippen molar-refractivity contribution in [1.29, 1.82) is 0 Å². The Kier molecular flexibility index (Phi) is 7.08. The maximum absolute atomic E-state index is 12.2. The lowest BCUT2D eigenvalue weighted by Gasteiger charge is -2.14. The van der Waals surface area contributed by atoms with Gasteiger partial charge in [-0.15, -0.1) is 0 Å². The molecule has 144 valence electrons. The van der Waals surface area contributed by atoms with Gasteiger partial charge in [-0.25, -0.2) is 4.98 Å². The van der Waals surface area contributed by atoms with Crippen LogP contribution in [0.15, 0.2) is 42.6 Å². The number of carbonyl (C=O) groups is 1. The van der Waals surface area contributed by atoms with Crippen LogP contribution in [0.25, 0.3) is 0 Å². The monoisotopic (exact) mass is 368 g/mol. The minimum atomic E-state index is 0.0171. The Morgan fingerprint density at radius 1 is 1.22 bits per heavy atom. The standard InChI is InChI=1S/C22H28N2O3/c1-2-26-22-18(8-6-14-23-22)16-24-21(25)13-12-17-7-5-11-20(15-17)27-19-9-3-4-10-19/h5-8,11,14-15,19H,2-4,9-10,12-13,16H2,1H3,(H,24,25). The van der Waals surface area contributed by atoms with Crippen LogP contribution < -0.4 is 14.8 Å². The lowest BCUT2D eigenvalue weighted by Crippen LogP contribution is -2.23. The third kappa shape index (κ3) is 5.98. The number of nitrogens with zero attached hydrogens (tertiary/aromatic N) is 1. The Balaban J connectivity index is 1.46. The number of ether oxygens (including phenoxy) is 2. The Morgan fingerprint density at radius 3 is 2.89 bits per heavy atom. The van der Waals surface area contributed by atoms with Crippen molar-refractivity contribution in [2.45, 2.75) is 58.1 Å². The molecule has 1 aliphatic carbocycles. The van der Waals surface area contributed by atoms with Crippen LogP contribution in [0.2, 0.25) is 0 Å². The first-order valence-corrected chi connectivity index (χ1v) is 9.83. The van der Waals surface area contributed by atoms with Crippen molar-refractivity contribution in [3.05, 3.63) is 53.7 Å². The van der Waals surface area contributed by atoms with Crippen LogP contribution in [0.3, 0.4) is 0 Å². The first-order valence-electron chi connectivity index (χ1n) is 9.83. The number of hydrogen-bond donors (Lipinski definition) is 1. The maximum Gasteiger partial charge on any atom is 0.220 e. The number of carbonyl (C=O) groups excluding carboxylic acids is 1. The zero-order valence-electron chi connectivity index (χ0n) is 15.9. The zero-order chi connectivity index (χ0) is 18.9. The molecule has 0 aliphatic heterocycles. The normalized spacial score (nSPS) is 14.1. The topological polar surface area (TPSA) is 60.5 Å². The van der Waals surface area contributed by atoms with Gasteiger partial charge in [0, 0.05) is 24.7 Å². The summed E-state index contributed by atoms with van der Waals surface area (Å²) in [6.45, 7) is 2.89. The molecule has 1 aromatic carbocycles. The molecule has 1 fully saturated rings. The van der Waals surface area contributed by atoms with Gasteiger partial charge in [0.1, 0.15) is 5.75 Å². The first kappa shape index (κ1) is 19.2. The second-order valence-electron chi connectivity index (χ2n) is 6.85. The lowest BCUT2D eigenvalue weighted by atomic mass is 10.1. The molecule has 0 saturated heterocycles. The van der Waals surface area contributed by atoms with Gasteiger partial charge in [0.2, 0.25) is 11.8 Å². The van der Waals surface area contributed by atoms with Crippen LogP contribution in [-0.2, 0) is 17.8 Å². The number of pyridine rings is 1. The van der Waals surface area contributed by atoms with Crippen molar-refractivity contribution in [3.8, 4) is 11.6 Å². The molecule has 0 radical (unpaired) electrons. The van der Waals surface area contributed by atoms with Crippen LogP contribution in [0, 0.1) is 0 Å². The summed E-state index contributed by atoms with van der Waals surface area (Å²) >= 11 is 0. The van der Waals surface area contributed by atoms with Crippen molar-refractivity contribution in [1.82, 2.24) is 10.3 Å². The number of hydrogen-bond acceptors (Lipinski definition) is 4. The van der Waals surface area contributed by atoms with Gasteiger partial charge >= 0.3 is 0 Å². The number of aromatic nitrogens is 1. The van der Waals surface area contributed by atoms with E-state index in [0.717, 1.165) is 29.7 Å². The molecule has 1 amide bonds. The summed E-state index contributed by atoms with van der Waals surface area (Å²) in [6, 6.07) is 11.9. The summed E-state index contributed by atoms with van der Waals surface area (Å²) in [5, 5.41) is 2.95. The highest BCUT2D eigenvalue weighted by molar-refractivity contribution is 5.76. The van der Waals surface area contributed by atoms with Crippen molar-refractivity contribution in [2.24, 2.45) is 0 Å². The summed E-state index contributed by atoms with van der Waals surface area (Å²) < 4.78 is 11.5. The van der Waals surface area contributed by atoms with Crippen LogP contribution in [-0.4, -0.2) is 23.6 Å². The molecular formula is C22H28N2O3. The summed E-state index contributed by atoms with van der Waals surface area (Å²) in [4.78, 5) is 16.4. The molecule has 1 heterocycles. The first-order chi connectivity index (χ1) is 13.2. The third-order valence-electron chi connectivity index (χ3n) is 4.75. The van der Waals surface area contributed by atoms with Crippen molar-refractivity contribution in [3.63, 3.8) is 0 Å². The quantitative estimate of drug-likeness (QED) is 0.725. The average Bonchev–Trinajstić information content (AvgIpc) is 3.19. The van der Waals surface area contributed by atoms with Gasteiger partial charge in [-0.3, -0.25) is 4.79 Å². The molecule has 5 nitrogen and oxygen atoms in total. The Hall–Kier alpha value is -2.56. The van der Waals surface area contributed by atoms with Crippen molar-refractivity contribution >= 4 is 5.91 Å². The summed E-state index contributed by atoms with van der Waals surface area (Å²) in [5.74, 6) is 1.51. The molecule has 1 aromatic heterocycles. The van der Waals surface area contributed by atoms with Gasteiger partial charge in [-0.1, -0.05) is 18.2 Å². The molecule has 0 atom stereocenters. The van der Waals surface area contributed by atoms with E-state index < -0.39 is 0 Å². The molecule has 3 rings (SSSR count). The average molecular weight is 368 g/mol. The molecule has 1 saturated carbocycles. The minimum absolute atomic E-state index is 0.0171. The predicted molar refractivity (Wildman–Crippen MR) is 105 cm³/mol. The third-order valence-corrected chi connectivity index (χ3v) is 4.75. The Bertz CT molecular complexity index is 742. The number of amides is 1. The van der Waals surface area contributed by atoms with E-state index in [2.05, 4.69) is 16.4 Å². The van der Waals surface area contributed by atoms with E-state index >= 15 is 0 Å². The fraction of sp³-hybridized carbons (Fsp3) is 0.455. The van der Waals surface area contributed by atoms with Crippen LogP contribution in [0.1, 0.15) is 50.2 Å². The Morgan fingerprint density at radius 2 is 2.07 bits per heavy atom. The molecular weight excluding hydrogens is 340 g/mol. The minimum Gasteiger partial charge on any atom is -0.490 e. The van der Waals surface area contributed by atoms with E-state index in [1.165, 1.54) is 12.8 Å². The molecule has 0 spiro atoms. The number of nitrogens with one attached hydrogen (secondary N) is 1. The summed E-state index contributed by atoms with van der Waals surface area (Å²) in [7, 11) is 0. The maximum atomic E-state index is 12.2. The van der Waals surface area contributed by atoms with Gasteiger partial charge in [-0.05, 0) is 62.8 Å². The predicted octanol–water partition coefficient (Wildman–Crippen LogP) is 4.05. The molecule has 1 N–H and O–H groups in total. The fourth-order valence-corrected chi connectivity index (χ4v) is 3.34. The van der Waals surface area contributed by atoms with Gasteiger partial charge in [0.05, 0.1) is 12.7 Å². The van der Waals surface area contributed by atoms with Gasteiger partial charge in [0.25, 0.3) is 0 Å². The summed E-state index contributed by atoms with van der Waals surface area (Å²) in [5.41, 5.74) is 2.01. The highest BCUT2D eigenvalue weighted by atomic mass is 16.5. The highest BCUT2D eigenvalue weighted by Crippen LogP contribution is 2.24. The molecule has 27 heavy (non-hydrogen) atoms. The molecule has 2 aromatic rings. The Labute approximate surface area is 161 Å². The molecule has 1 aliphatic rings. The SMILES string of the molecule is CCOc1ncccc1CNC(=O)CCc1cccc(OC2CCCC2)c1. The van der Waals surface area contributed by atoms with Gasteiger partial charge in [-0.2, -0.15) is 0 Å². The summed E-state index contributed by atoms with van der Waals surface area (Å²) in [6.07, 6.45) is 7.98. The van der Waals surface area contributed by atoms with E-state index in [1.54, 1.807) is 6.20 Å². The lowest BCUT2D eigenvalue weighted by molar-refractivity contribution is -0.121.